The first kappa shape index (κ1) is 17.4. The van der Waals surface area contributed by atoms with Gasteiger partial charge in [-0.1, -0.05) is 48.2 Å². The Balaban J connectivity index is 1.66. The third-order valence-corrected chi connectivity index (χ3v) is 4.87. The summed E-state index contributed by atoms with van der Waals surface area (Å²) in [6.45, 7) is 4.44. The Labute approximate surface area is 151 Å². The number of nitrogens with zero attached hydrogens (tertiary/aromatic N) is 3. The molecular weight excluding hydrogens is 333 g/mol. The average Bonchev–Trinajstić information content (AvgIpc) is 3.03. The fourth-order valence-electron chi connectivity index (χ4n) is 2.59. The Bertz CT molecular complexity index is 813. The highest BCUT2D eigenvalue weighted by Gasteiger charge is 2.13. The molecule has 0 aliphatic heterocycles. The molecule has 0 saturated heterocycles. The van der Waals surface area contributed by atoms with E-state index in [1.54, 1.807) is 23.9 Å². The molecule has 3 rings (SSSR count). The van der Waals surface area contributed by atoms with Crippen LogP contribution in [0.3, 0.4) is 0 Å². The maximum atomic E-state index is 13.1. The number of halogens is 1. The van der Waals surface area contributed by atoms with Crippen molar-refractivity contribution in [2.45, 2.75) is 24.5 Å². The lowest BCUT2D eigenvalue weighted by molar-refractivity contribution is 0.628. The van der Waals surface area contributed by atoms with E-state index in [1.807, 2.05) is 16.7 Å². The van der Waals surface area contributed by atoms with E-state index in [0.29, 0.717) is 6.54 Å². The Morgan fingerprint density at radius 3 is 2.52 bits per heavy atom. The first-order chi connectivity index (χ1) is 12.3. The fraction of sp³-hybridized carbons (Fsp3) is 0.200. The second-order valence-corrected chi connectivity index (χ2v) is 6.71. The van der Waals surface area contributed by atoms with Gasteiger partial charge in [0, 0.05) is 17.9 Å². The summed E-state index contributed by atoms with van der Waals surface area (Å²) in [5.41, 5.74) is 2.20. The van der Waals surface area contributed by atoms with Crippen LogP contribution in [0.5, 0.6) is 0 Å². The van der Waals surface area contributed by atoms with Gasteiger partial charge in [-0.15, -0.1) is 16.8 Å². The van der Waals surface area contributed by atoms with Gasteiger partial charge in [-0.05, 0) is 42.7 Å². The molecule has 0 aliphatic carbocycles. The van der Waals surface area contributed by atoms with Crippen molar-refractivity contribution in [1.82, 2.24) is 14.8 Å². The number of benzene rings is 2. The van der Waals surface area contributed by atoms with E-state index < -0.39 is 0 Å². The van der Waals surface area contributed by atoms with Crippen molar-refractivity contribution in [3.63, 3.8) is 0 Å². The van der Waals surface area contributed by atoms with Crippen LogP contribution in [0.25, 0.3) is 11.4 Å². The molecule has 0 aliphatic rings. The van der Waals surface area contributed by atoms with Crippen LogP contribution in [0.1, 0.15) is 12.0 Å². The van der Waals surface area contributed by atoms with Crippen LogP contribution in [0.2, 0.25) is 0 Å². The second kappa shape index (κ2) is 8.62. The summed E-state index contributed by atoms with van der Waals surface area (Å²) in [6.07, 6.45) is 3.94. The Kier molecular flexibility index (Phi) is 6.01. The number of aromatic nitrogens is 3. The third-order valence-electron chi connectivity index (χ3n) is 3.81. The van der Waals surface area contributed by atoms with E-state index in [9.17, 15) is 4.39 Å². The molecule has 1 heterocycles. The van der Waals surface area contributed by atoms with Crippen LogP contribution >= 0.6 is 11.8 Å². The molecule has 0 radical (unpaired) electrons. The molecule has 0 atom stereocenters. The predicted octanol–water partition coefficient (Wildman–Crippen LogP) is 5.00. The first-order valence-electron chi connectivity index (χ1n) is 8.24. The molecule has 0 fully saturated rings. The van der Waals surface area contributed by atoms with Crippen LogP contribution in [-0.2, 0) is 13.0 Å². The van der Waals surface area contributed by atoms with Gasteiger partial charge in [0.1, 0.15) is 5.82 Å². The van der Waals surface area contributed by atoms with Crippen molar-refractivity contribution >= 4 is 11.8 Å². The number of allylic oxidation sites excluding steroid dienone is 1. The van der Waals surface area contributed by atoms with Crippen LogP contribution in [0.15, 0.2) is 72.4 Å². The molecule has 3 nitrogen and oxygen atoms in total. The second-order valence-electron chi connectivity index (χ2n) is 5.65. The largest absolute Gasteiger partial charge is 0.298 e. The minimum Gasteiger partial charge on any atom is -0.298 e. The number of hydrogen-bond donors (Lipinski definition) is 0. The SMILES string of the molecule is C=CCn1c(SCCCc2ccccc2)nnc1-c1ccc(F)cc1. The molecule has 5 heteroatoms. The standard InChI is InChI=1S/C20H20FN3S/c1-2-14-24-19(17-10-12-18(21)13-11-17)22-23-20(24)25-15-6-9-16-7-4-3-5-8-16/h2-5,7-8,10-13H,1,6,9,14-15H2. The van der Waals surface area contributed by atoms with Crippen molar-refractivity contribution in [3.8, 4) is 11.4 Å². The fourth-order valence-corrected chi connectivity index (χ4v) is 3.47. The molecule has 25 heavy (non-hydrogen) atoms. The van der Waals surface area contributed by atoms with Gasteiger partial charge in [0.05, 0.1) is 0 Å². The van der Waals surface area contributed by atoms with Gasteiger partial charge in [0.2, 0.25) is 0 Å². The third kappa shape index (κ3) is 4.57. The number of hydrogen-bond acceptors (Lipinski definition) is 3. The van der Waals surface area contributed by atoms with Crippen LogP contribution in [0.4, 0.5) is 4.39 Å². The van der Waals surface area contributed by atoms with E-state index in [4.69, 9.17) is 0 Å². The van der Waals surface area contributed by atoms with Gasteiger partial charge < -0.3 is 0 Å². The van der Waals surface area contributed by atoms with Crippen LogP contribution in [0, 0.1) is 5.82 Å². The quantitative estimate of drug-likeness (QED) is 0.324. The van der Waals surface area contributed by atoms with Crippen molar-refractivity contribution in [2.24, 2.45) is 0 Å². The average molecular weight is 353 g/mol. The molecule has 0 amide bonds. The molecule has 2 aromatic carbocycles. The van der Waals surface area contributed by atoms with Crippen molar-refractivity contribution in [2.75, 3.05) is 5.75 Å². The van der Waals surface area contributed by atoms with Gasteiger partial charge in [0.15, 0.2) is 11.0 Å². The van der Waals surface area contributed by atoms with Gasteiger partial charge in [0.25, 0.3) is 0 Å². The van der Waals surface area contributed by atoms with E-state index in [-0.39, 0.29) is 5.82 Å². The summed E-state index contributed by atoms with van der Waals surface area (Å²) in [5.74, 6) is 1.45. The van der Waals surface area contributed by atoms with Crippen LogP contribution < -0.4 is 0 Å². The molecule has 0 unspecified atom stereocenters. The highest BCUT2D eigenvalue weighted by atomic mass is 32.2. The van der Waals surface area contributed by atoms with E-state index >= 15 is 0 Å². The smallest absolute Gasteiger partial charge is 0.191 e. The molecule has 0 bridgehead atoms. The van der Waals surface area contributed by atoms with Crippen molar-refractivity contribution in [3.05, 3.63) is 78.6 Å². The summed E-state index contributed by atoms with van der Waals surface area (Å²) in [7, 11) is 0. The zero-order valence-electron chi connectivity index (χ0n) is 13.9. The van der Waals surface area contributed by atoms with Gasteiger partial charge in [-0.25, -0.2) is 4.39 Å². The van der Waals surface area contributed by atoms with Crippen molar-refractivity contribution in [1.29, 1.82) is 0 Å². The Morgan fingerprint density at radius 2 is 1.80 bits per heavy atom. The maximum absolute atomic E-state index is 13.1. The van der Waals surface area contributed by atoms with Gasteiger partial charge in [-0.3, -0.25) is 4.57 Å². The molecule has 0 saturated carbocycles. The normalized spacial score (nSPS) is 10.8. The number of rotatable bonds is 8. The molecule has 3 aromatic rings. The lowest BCUT2D eigenvalue weighted by Crippen LogP contribution is -2.01. The van der Waals surface area contributed by atoms with Crippen molar-refractivity contribution < 1.29 is 4.39 Å². The Hall–Kier alpha value is -2.40. The van der Waals surface area contributed by atoms with E-state index in [2.05, 4.69) is 41.0 Å². The highest BCUT2D eigenvalue weighted by Crippen LogP contribution is 2.25. The molecule has 0 spiro atoms. The lowest BCUT2D eigenvalue weighted by atomic mass is 10.1. The maximum Gasteiger partial charge on any atom is 0.191 e. The summed E-state index contributed by atoms with van der Waals surface area (Å²) < 4.78 is 15.2. The van der Waals surface area contributed by atoms with E-state index in [0.717, 1.165) is 35.1 Å². The zero-order valence-corrected chi connectivity index (χ0v) is 14.8. The number of thioether (sulfide) groups is 1. The van der Waals surface area contributed by atoms with Crippen LogP contribution in [-0.4, -0.2) is 20.5 Å². The molecule has 1 aromatic heterocycles. The summed E-state index contributed by atoms with van der Waals surface area (Å²) in [4.78, 5) is 0. The highest BCUT2D eigenvalue weighted by molar-refractivity contribution is 7.99. The first-order valence-corrected chi connectivity index (χ1v) is 9.23. The zero-order chi connectivity index (χ0) is 17.5. The van der Waals surface area contributed by atoms with Gasteiger partial charge in [-0.2, -0.15) is 0 Å². The lowest BCUT2D eigenvalue weighted by Gasteiger charge is -2.08. The molecular formula is C20H20FN3S. The molecule has 0 N–H and O–H groups in total. The van der Waals surface area contributed by atoms with E-state index in [1.165, 1.54) is 17.7 Å². The summed E-state index contributed by atoms with van der Waals surface area (Å²) >= 11 is 1.69. The monoisotopic (exact) mass is 353 g/mol. The number of aryl methyl sites for hydroxylation is 1. The predicted molar refractivity (Wildman–Crippen MR) is 101 cm³/mol. The molecule has 128 valence electrons. The summed E-state index contributed by atoms with van der Waals surface area (Å²) in [6, 6.07) is 16.8. The minimum absolute atomic E-state index is 0.256. The van der Waals surface area contributed by atoms with Gasteiger partial charge >= 0.3 is 0 Å². The topological polar surface area (TPSA) is 30.7 Å². The minimum atomic E-state index is -0.256. The Morgan fingerprint density at radius 1 is 1.04 bits per heavy atom. The summed E-state index contributed by atoms with van der Waals surface area (Å²) in [5, 5.41) is 9.47.